The zero-order valence-electron chi connectivity index (χ0n) is 70.4. The maximum absolute atomic E-state index is 11.7. The SMILES string of the molecule is CC(=O)c1cc(C)c(OC(CCC2=CCCCC2)C(=O)O)cc1C.CC(=O)c1cc(Cl)ccc1OC(CCC1=CCCCC1)C(=O)O.CCc1cc(C(C)=O)ccc1OC(CCC1=CCCCC1)C(=O)O.COC(=O)Cc1ccc(OC(CCC2=CCCCC2)C(=O)O)cc1.COC(=O)Cc1ccccc1OC(CCC1=CCCCC1)C(=O)O. The van der Waals surface area contributed by atoms with E-state index >= 15 is 0 Å². The Balaban J connectivity index is 0.000000231. The molecule has 0 aromatic heterocycles. The van der Waals surface area contributed by atoms with E-state index in [9.17, 15) is 73.5 Å². The maximum atomic E-state index is 11.7. The Bertz CT molecular complexity index is 4390. The molecule has 22 nitrogen and oxygen atoms in total. The number of Topliss-reactive ketones (excluding diaryl/α,β-unsaturated/α-hetero) is 3. The minimum Gasteiger partial charge on any atom is -0.479 e. The quantitative estimate of drug-likeness (QED) is 0.0139. The van der Waals surface area contributed by atoms with Gasteiger partial charge in [-0.15, -0.1) is 0 Å². The topological polar surface area (TPSA) is 336 Å². The first kappa shape index (κ1) is 97.2. The second kappa shape index (κ2) is 52.3. The van der Waals surface area contributed by atoms with E-state index in [4.69, 9.17) is 35.3 Å². The highest BCUT2D eigenvalue weighted by atomic mass is 35.5. The van der Waals surface area contributed by atoms with Crippen molar-refractivity contribution in [3.63, 3.8) is 0 Å². The maximum Gasteiger partial charge on any atom is 0.344 e. The van der Waals surface area contributed by atoms with Gasteiger partial charge in [-0.2, -0.15) is 0 Å². The van der Waals surface area contributed by atoms with Crippen LogP contribution in [-0.2, 0) is 62.3 Å². The molecule has 119 heavy (non-hydrogen) atoms. The average Bonchev–Trinajstić information content (AvgIpc) is 0.841. The van der Waals surface area contributed by atoms with Crippen molar-refractivity contribution in [1.29, 1.82) is 0 Å². The van der Waals surface area contributed by atoms with E-state index in [0.717, 1.165) is 119 Å². The first-order valence-corrected chi connectivity index (χ1v) is 42.2. The van der Waals surface area contributed by atoms with E-state index in [1.54, 1.807) is 91.0 Å². The third kappa shape index (κ3) is 35.5. The monoisotopic (exact) mass is 1660 g/mol. The van der Waals surface area contributed by atoms with E-state index in [1.807, 2.05) is 20.8 Å². The number of hydrogen-bond acceptors (Lipinski definition) is 17. The molecule has 5 unspecified atom stereocenters. The Kier molecular flexibility index (Phi) is 42.8. The number of carboxylic acid groups (broad SMARTS) is 5. The molecular weight excluding hydrogens is 1540 g/mol. The van der Waals surface area contributed by atoms with Gasteiger partial charge in [0.1, 0.15) is 28.7 Å². The van der Waals surface area contributed by atoms with Gasteiger partial charge in [0.15, 0.2) is 47.9 Å². The summed E-state index contributed by atoms with van der Waals surface area (Å²) in [4.78, 5) is 115. The number of ketones is 3. The number of aliphatic carboxylic acids is 5. The molecule has 10 rings (SSSR count). The molecular formula is C96H121ClO22. The van der Waals surface area contributed by atoms with Gasteiger partial charge in [0.2, 0.25) is 0 Å². The largest absolute Gasteiger partial charge is 0.479 e. The number of aryl methyl sites for hydroxylation is 3. The van der Waals surface area contributed by atoms with Crippen molar-refractivity contribution in [2.24, 2.45) is 0 Å². The van der Waals surface area contributed by atoms with Crippen LogP contribution in [0.4, 0.5) is 0 Å². The molecule has 0 heterocycles. The standard InChI is InChI=1S/2C20H26O4.2C19H24O5.C18H21ClO4/c1-13-12-19(14(2)11-17(13)15(3)21)24-18(20(22)23)10-9-16-7-5-4-6-8-16;1-3-16-13-17(14(2)21)10-12-18(16)24-19(20(22)23)11-9-15-7-5-4-6-8-15;1-23-18(20)13-15-9-5-6-10-16(15)24-17(19(21)22)12-11-14-7-3-2-4-8-14;1-23-18(20)13-15-7-10-16(11-8-15)24-17(19(21)22)12-9-14-5-3-2-4-6-14;1-12(20)15-11-14(19)8-10-16(15)23-17(18(21)22)9-7-13-5-3-2-4-6-13/h7,11-12,18H,4-6,8-10H2,1-3H3,(H,22,23);7,10,12-13,19H,3-6,8-9,11H2,1-2H3,(H,22,23);5-7,9-10,17H,2-4,8,11-13H2,1H3,(H,21,22);5,7-8,10-11,17H,2-4,6,9,12-13H2,1H3,(H,21,22);5,8,10-11,17H,2-4,6-7,9H2,1H3,(H,21,22). The van der Waals surface area contributed by atoms with Gasteiger partial charge in [-0.25, -0.2) is 24.0 Å². The van der Waals surface area contributed by atoms with E-state index in [1.165, 1.54) is 127 Å². The highest BCUT2D eigenvalue weighted by molar-refractivity contribution is 6.31. The normalized spacial score (nSPS) is 15.5. The van der Waals surface area contributed by atoms with Crippen molar-refractivity contribution >= 4 is 70.7 Å². The number of carbonyl (C=O) groups excluding carboxylic acids is 5. The number of rotatable bonds is 38. The summed E-state index contributed by atoms with van der Waals surface area (Å²) < 4.78 is 37.8. The Hall–Kier alpha value is -10.6. The van der Waals surface area contributed by atoms with Crippen LogP contribution in [0.1, 0.15) is 279 Å². The van der Waals surface area contributed by atoms with Gasteiger partial charge in [-0.05, 0) is 323 Å². The Labute approximate surface area is 705 Å². The van der Waals surface area contributed by atoms with Gasteiger partial charge in [0, 0.05) is 21.7 Å². The summed E-state index contributed by atoms with van der Waals surface area (Å²) in [6, 6.07) is 27.2. The fourth-order valence-electron chi connectivity index (χ4n) is 14.5. The zero-order chi connectivity index (χ0) is 86.8. The van der Waals surface area contributed by atoms with Crippen molar-refractivity contribution in [3.05, 3.63) is 205 Å². The third-order valence-corrected chi connectivity index (χ3v) is 21.6. The molecule has 0 bridgehead atoms. The van der Waals surface area contributed by atoms with Crippen LogP contribution in [0.25, 0.3) is 0 Å². The van der Waals surface area contributed by atoms with Crippen LogP contribution < -0.4 is 23.7 Å². The lowest BCUT2D eigenvalue weighted by molar-refractivity contribution is -0.146. The number of carbonyl (C=O) groups is 10. The van der Waals surface area contributed by atoms with Crippen molar-refractivity contribution in [2.45, 2.75) is 284 Å². The van der Waals surface area contributed by atoms with Crippen molar-refractivity contribution < 1.29 is 107 Å². The molecule has 0 spiro atoms. The lowest BCUT2D eigenvalue weighted by Crippen LogP contribution is -2.27. The van der Waals surface area contributed by atoms with Crippen molar-refractivity contribution in [1.82, 2.24) is 0 Å². The Morgan fingerprint density at radius 3 is 1.11 bits per heavy atom. The molecule has 644 valence electrons. The minimum absolute atomic E-state index is 0.00108. The average molecular weight is 1660 g/mol. The summed E-state index contributed by atoms with van der Waals surface area (Å²) in [5, 5.41) is 47.6. The smallest absolute Gasteiger partial charge is 0.344 e. The number of allylic oxidation sites excluding steroid dienone is 10. The summed E-state index contributed by atoms with van der Waals surface area (Å²) in [5.74, 6) is -3.46. The van der Waals surface area contributed by atoms with Crippen LogP contribution in [0.3, 0.4) is 0 Å². The predicted octanol–water partition coefficient (Wildman–Crippen LogP) is 20.9. The highest BCUT2D eigenvalue weighted by Gasteiger charge is 2.28. The highest BCUT2D eigenvalue weighted by Crippen LogP contribution is 2.33. The lowest BCUT2D eigenvalue weighted by atomic mass is 9.95. The number of halogens is 1. The zero-order valence-corrected chi connectivity index (χ0v) is 71.2. The summed E-state index contributed by atoms with van der Waals surface area (Å²) in [6.45, 7) is 10.1. The minimum atomic E-state index is -1.02. The number of para-hydroxylation sites is 1. The summed E-state index contributed by atoms with van der Waals surface area (Å²) >= 11 is 5.89. The number of carboxylic acids is 5. The fourth-order valence-corrected chi connectivity index (χ4v) is 14.6. The first-order valence-electron chi connectivity index (χ1n) is 41.8. The number of esters is 2. The van der Waals surface area contributed by atoms with E-state index in [-0.39, 0.29) is 47.9 Å². The third-order valence-electron chi connectivity index (χ3n) is 21.4. The van der Waals surface area contributed by atoms with Crippen LogP contribution in [-0.4, -0.2) is 129 Å². The van der Waals surface area contributed by atoms with Gasteiger partial charge in [-0.3, -0.25) is 24.0 Å². The van der Waals surface area contributed by atoms with E-state index < -0.39 is 60.4 Å². The molecule has 5 aliphatic rings. The van der Waals surface area contributed by atoms with Crippen LogP contribution in [0.5, 0.6) is 28.7 Å². The molecule has 5 aromatic carbocycles. The number of hydrogen-bond donors (Lipinski definition) is 5. The number of methoxy groups -OCH3 is 2. The molecule has 0 amide bonds. The second-order valence-corrected chi connectivity index (χ2v) is 31.1. The van der Waals surface area contributed by atoms with Gasteiger partial charge in [-0.1, -0.05) is 107 Å². The Morgan fingerprint density at radius 2 is 0.739 bits per heavy atom. The van der Waals surface area contributed by atoms with Crippen molar-refractivity contribution in [2.75, 3.05) is 14.2 Å². The van der Waals surface area contributed by atoms with Gasteiger partial charge in [0.05, 0.1) is 32.6 Å². The molecule has 0 radical (unpaired) electrons. The van der Waals surface area contributed by atoms with E-state index in [0.29, 0.717) is 95.2 Å². The van der Waals surface area contributed by atoms with Crippen LogP contribution >= 0.6 is 11.6 Å². The predicted molar refractivity (Wildman–Crippen MR) is 457 cm³/mol. The molecule has 5 aromatic rings. The van der Waals surface area contributed by atoms with E-state index in [2.05, 4.69) is 39.9 Å². The molecule has 0 fully saturated rings. The molecule has 0 saturated carbocycles. The van der Waals surface area contributed by atoms with Crippen LogP contribution in [0.2, 0.25) is 5.02 Å². The molecule has 0 aliphatic heterocycles. The number of ether oxygens (including phenoxy) is 7. The molecule has 5 atom stereocenters. The first-order chi connectivity index (χ1) is 57.0. The fraction of sp³-hybridized carbons (Fsp3) is 0.479. The second-order valence-electron chi connectivity index (χ2n) is 30.6. The molecule has 23 heteroatoms. The molecule has 5 N–H and O–H groups in total. The molecule has 0 saturated heterocycles. The Morgan fingerprint density at radius 1 is 0.370 bits per heavy atom. The van der Waals surface area contributed by atoms with Crippen LogP contribution in [0.15, 0.2) is 155 Å². The lowest BCUT2D eigenvalue weighted by Gasteiger charge is -2.19. The van der Waals surface area contributed by atoms with Gasteiger partial charge < -0.3 is 58.7 Å². The summed E-state index contributed by atoms with van der Waals surface area (Å²) in [7, 11) is 2.67. The van der Waals surface area contributed by atoms with Crippen LogP contribution in [0, 0.1) is 13.8 Å². The van der Waals surface area contributed by atoms with Gasteiger partial charge >= 0.3 is 41.8 Å². The summed E-state index contributed by atoms with van der Waals surface area (Å²) in [5.41, 5.74) is 12.1. The van der Waals surface area contributed by atoms with Crippen molar-refractivity contribution in [3.8, 4) is 28.7 Å². The van der Waals surface area contributed by atoms with Gasteiger partial charge in [0.25, 0.3) is 0 Å². The summed E-state index contributed by atoms with van der Waals surface area (Å²) in [6.07, 6.45) is 36.2. The molecule has 5 aliphatic carbocycles. The number of benzene rings is 5.